The standard InChI is InChI=1S/C22H14BrClN2O4/c1-12-2-5-14(24)10-17(12)19-9-8-16(30-19)11-18-20(27)25-22(29)26(21(18)28)15-6-3-13(23)4-7-15/h2-11H,1H3,(H,25,27,29)/b18-11+. The third kappa shape index (κ3) is 3.81. The van der Waals surface area contributed by atoms with Crippen molar-refractivity contribution in [2.75, 3.05) is 4.90 Å². The number of nitrogens with zero attached hydrogens (tertiary/aromatic N) is 1. The molecular formula is C22H14BrClN2O4. The molecule has 1 saturated heterocycles. The molecule has 1 fully saturated rings. The van der Waals surface area contributed by atoms with E-state index in [-0.39, 0.29) is 5.57 Å². The van der Waals surface area contributed by atoms with Crippen molar-refractivity contribution in [3.05, 3.63) is 81.0 Å². The second kappa shape index (κ2) is 7.93. The van der Waals surface area contributed by atoms with Gasteiger partial charge in [0.2, 0.25) is 0 Å². The topological polar surface area (TPSA) is 79.6 Å². The Bertz CT molecular complexity index is 1210. The number of aryl methyl sites for hydroxylation is 1. The van der Waals surface area contributed by atoms with Crippen molar-refractivity contribution in [3.8, 4) is 11.3 Å². The molecule has 1 aliphatic rings. The molecule has 1 N–H and O–H groups in total. The molecule has 0 saturated carbocycles. The SMILES string of the molecule is Cc1ccc(Cl)cc1-c1ccc(/C=C2\C(=O)NC(=O)N(c3ccc(Br)cc3)C2=O)o1. The van der Waals surface area contributed by atoms with Crippen LogP contribution in [0.2, 0.25) is 5.02 Å². The maximum Gasteiger partial charge on any atom is 0.335 e. The minimum absolute atomic E-state index is 0.207. The van der Waals surface area contributed by atoms with Gasteiger partial charge in [-0.1, -0.05) is 33.6 Å². The van der Waals surface area contributed by atoms with Crippen LogP contribution in [0.4, 0.5) is 10.5 Å². The highest BCUT2D eigenvalue weighted by Gasteiger charge is 2.37. The fourth-order valence-electron chi connectivity index (χ4n) is 3.06. The summed E-state index contributed by atoms with van der Waals surface area (Å²) in [6.07, 6.45) is 1.32. The van der Waals surface area contributed by atoms with Gasteiger partial charge < -0.3 is 4.42 Å². The van der Waals surface area contributed by atoms with E-state index < -0.39 is 17.8 Å². The summed E-state index contributed by atoms with van der Waals surface area (Å²) in [5.41, 5.74) is 1.90. The Balaban J connectivity index is 1.69. The molecule has 0 radical (unpaired) electrons. The van der Waals surface area contributed by atoms with Crippen LogP contribution in [0, 0.1) is 6.92 Å². The van der Waals surface area contributed by atoms with Crippen LogP contribution in [-0.4, -0.2) is 17.8 Å². The molecule has 3 aromatic rings. The van der Waals surface area contributed by atoms with Crippen LogP contribution in [-0.2, 0) is 9.59 Å². The normalized spacial score (nSPS) is 15.6. The zero-order valence-electron chi connectivity index (χ0n) is 15.6. The summed E-state index contributed by atoms with van der Waals surface area (Å²) in [6.45, 7) is 1.92. The first-order valence-electron chi connectivity index (χ1n) is 8.87. The lowest BCUT2D eigenvalue weighted by atomic mass is 10.1. The highest BCUT2D eigenvalue weighted by Crippen LogP contribution is 2.30. The number of carbonyl (C=O) groups is 3. The number of furan rings is 1. The van der Waals surface area contributed by atoms with Gasteiger partial charge in [0.25, 0.3) is 11.8 Å². The Hall–Kier alpha value is -3.16. The lowest BCUT2D eigenvalue weighted by Crippen LogP contribution is -2.54. The van der Waals surface area contributed by atoms with Crippen molar-refractivity contribution in [1.29, 1.82) is 0 Å². The molecule has 8 heteroatoms. The minimum Gasteiger partial charge on any atom is -0.457 e. The Kier molecular flexibility index (Phi) is 5.32. The van der Waals surface area contributed by atoms with Crippen molar-refractivity contribution in [3.63, 3.8) is 0 Å². The number of anilines is 1. The summed E-state index contributed by atoms with van der Waals surface area (Å²) in [4.78, 5) is 38.4. The van der Waals surface area contributed by atoms with E-state index in [0.29, 0.717) is 22.2 Å². The van der Waals surface area contributed by atoms with E-state index in [4.69, 9.17) is 16.0 Å². The average molecular weight is 486 g/mol. The molecule has 4 amide bonds. The summed E-state index contributed by atoms with van der Waals surface area (Å²) in [5, 5.41) is 2.75. The number of benzene rings is 2. The minimum atomic E-state index is -0.806. The first-order valence-corrected chi connectivity index (χ1v) is 10.0. The number of nitrogens with one attached hydrogen (secondary N) is 1. The number of halogens is 2. The largest absolute Gasteiger partial charge is 0.457 e. The summed E-state index contributed by atoms with van der Waals surface area (Å²) >= 11 is 9.38. The summed E-state index contributed by atoms with van der Waals surface area (Å²) in [5.74, 6) is -0.669. The zero-order valence-corrected chi connectivity index (χ0v) is 18.0. The maximum atomic E-state index is 12.9. The maximum absolute atomic E-state index is 12.9. The molecular weight excluding hydrogens is 472 g/mol. The van der Waals surface area contributed by atoms with Crippen molar-refractivity contribution >= 4 is 57.1 Å². The van der Waals surface area contributed by atoms with E-state index in [0.717, 1.165) is 20.5 Å². The van der Waals surface area contributed by atoms with Gasteiger partial charge in [-0.05, 0) is 67.1 Å². The summed E-state index contributed by atoms with van der Waals surface area (Å²) in [7, 11) is 0. The third-order valence-electron chi connectivity index (χ3n) is 4.56. The van der Waals surface area contributed by atoms with Crippen molar-refractivity contribution in [2.24, 2.45) is 0 Å². The molecule has 0 unspecified atom stereocenters. The highest BCUT2D eigenvalue weighted by molar-refractivity contribution is 9.10. The molecule has 30 heavy (non-hydrogen) atoms. The molecule has 0 aliphatic carbocycles. The molecule has 0 spiro atoms. The Morgan fingerprint density at radius 1 is 1.03 bits per heavy atom. The first-order chi connectivity index (χ1) is 14.3. The smallest absolute Gasteiger partial charge is 0.335 e. The van der Waals surface area contributed by atoms with Crippen LogP contribution in [0.5, 0.6) is 0 Å². The Morgan fingerprint density at radius 2 is 1.77 bits per heavy atom. The van der Waals surface area contributed by atoms with Gasteiger partial charge in [0.1, 0.15) is 17.1 Å². The Labute approximate surface area is 185 Å². The van der Waals surface area contributed by atoms with Gasteiger partial charge in [0.15, 0.2) is 0 Å². The molecule has 0 bridgehead atoms. The number of urea groups is 1. The molecule has 0 atom stereocenters. The van der Waals surface area contributed by atoms with Crippen LogP contribution >= 0.6 is 27.5 Å². The molecule has 6 nitrogen and oxygen atoms in total. The zero-order chi connectivity index (χ0) is 21.4. The number of hydrogen-bond donors (Lipinski definition) is 1. The van der Waals surface area contributed by atoms with E-state index in [9.17, 15) is 14.4 Å². The quantitative estimate of drug-likeness (QED) is 0.401. The van der Waals surface area contributed by atoms with Gasteiger partial charge in [-0.25, -0.2) is 9.69 Å². The van der Waals surface area contributed by atoms with Gasteiger partial charge in [-0.3, -0.25) is 14.9 Å². The van der Waals surface area contributed by atoms with Gasteiger partial charge in [-0.2, -0.15) is 0 Å². The fraction of sp³-hybridized carbons (Fsp3) is 0.0455. The van der Waals surface area contributed by atoms with Crippen molar-refractivity contribution in [1.82, 2.24) is 5.32 Å². The van der Waals surface area contributed by atoms with Crippen LogP contribution in [0.1, 0.15) is 11.3 Å². The number of imide groups is 2. The highest BCUT2D eigenvalue weighted by atomic mass is 79.9. The van der Waals surface area contributed by atoms with E-state index in [2.05, 4.69) is 21.2 Å². The second-order valence-electron chi connectivity index (χ2n) is 6.60. The summed E-state index contributed by atoms with van der Waals surface area (Å²) < 4.78 is 6.61. The fourth-order valence-corrected chi connectivity index (χ4v) is 3.50. The van der Waals surface area contributed by atoms with Gasteiger partial charge >= 0.3 is 6.03 Å². The van der Waals surface area contributed by atoms with E-state index in [1.807, 2.05) is 13.0 Å². The molecule has 150 valence electrons. The average Bonchev–Trinajstić information content (AvgIpc) is 3.17. The van der Waals surface area contributed by atoms with Crippen molar-refractivity contribution < 1.29 is 18.8 Å². The number of barbiturate groups is 1. The molecule has 2 aromatic carbocycles. The second-order valence-corrected chi connectivity index (χ2v) is 7.95. The number of carbonyl (C=O) groups excluding carboxylic acids is 3. The molecule has 1 aliphatic heterocycles. The summed E-state index contributed by atoms with van der Waals surface area (Å²) in [6, 6.07) is 14.6. The van der Waals surface area contributed by atoms with Crippen LogP contribution in [0.15, 0.2) is 69.1 Å². The van der Waals surface area contributed by atoms with Crippen LogP contribution < -0.4 is 10.2 Å². The van der Waals surface area contributed by atoms with Crippen molar-refractivity contribution in [2.45, 2.75) is 6.92 Å². The lowest BCUT2D eigenvalue weighted by Gasteiger charge is -2.26. The number of hydrogen-bond acceptors (Lipinski definition) is 4. The van der Waals surface area contributed by atoms with Gasteiger partial charge in [0, 0.05) is 15.1 Å². The van der Waals surface area contributed by atoms with Crippen LogP contribution in [0.25, 0.3) is 17.4 Å². The van der Waals surface area contributed by atoms with E-state index in [1.54, 1.807) is 48.5 Å². The molecule has 4 rings (SSSR count). The Morgan fingerprint density at radius 3 is 2.50 bits per heavy atom. The molecule has 2 heterocycles. The van der Waals surface area contributed by atoms with Gasteiger partial charge in [-0.15, -0.1) is 0 Å². The number of amides is 4. The van der Waals surface area contributed by atoms with E-state index >= 15 is 0 Å². The van der Waals surface area contributed by atoms with E-state index in [1.165, 1.54) is 6.08 Å². The number of rotatable bonds is 3. The third-order valence-corrected chi connectivity index (χ3v) is 5.33. The predicted molar refractivity (Wildman–Crippen MR) is 117 cm³/mol. The van der Waals surface area contributed by atoms with Crippen LogP contribution in [0.3, 0.4) is 0 Å². The predicted octanol–water partition coefficient (Wildman–Crippen LogP) is 5.34. The first kappa shape index (κ1) is 20.1. The lowest BCUT2D eigenvalue weighted by molar-refractivity contribution is -0.122. The van der Waals surface area contributed by atoms with Gasteiger partial charge in [0.05, 0.1) is 5.69 Å². The monoisotopic (exact) mass is 484 g/mol. The molecule has 1 aromatic heterocycles.